The first-order valence-corrected chi connectivity index (χ1v) is 10.3. The van der Waals surface area contributed by atoms with E-state index < -0.39 is 15.1 Å². The van der Waals surface area contributed by atoms with Crippen LogP contribution in [0.15, 0.2) is 72.8 Å². The van der Waals surface area contributed by atoms with E-state index in [-0.39, 0.29) is 18.9 Å². The maximum atomic E-state index is 6.23. The number of hydrogen-bond acceptors (Lipinski definition) is 3. The first-order chi connectivity index (χ1) is 12.8. The molecule has 4 aromatic rings. The predicted octanol–water partition coefficient (Wildman–Crippen LogP) is 2.46. The van der Waals surface area contributed by atoms with Crippen LogP contribution in [-0.2, 0) is 3.79 Å². The van der Waals surface area contributed by atoms with Crippen molar-refractivity contribution in [2.75, 3.05) is 6.61 Å². The zero-order valence-electron chi connectivity index (χ0n) is 15.4. The molecule has 0 aromatic heterocycles. The second-order valence-corrected chi connectivity index (χ2v) is 7.68. The van der Waals surface area contributed by atoms with Gasteiger partial charge in [-0.1, -0.05) is 60.7 Å². The van der Waals surface area contributed by atoms with E-state index in [0.717, 1.165) is 33.4 Å². The molecule has 4 aromatic carbocycles. The van der Waals surface area contributed by atoms with Crippen molar-refractivity contribution in [3.63, 3.8) is 0 Å². The fourth-order valence-electron chi connectivity index (χ4n) is 3.65. The van der Waals surface area contributed by atoms with E-state index in [2.05, 4.69) is 60.7 Å². The van der Waals surface area contributed by atoms with Crippen LogP contribution in [0.2, 0.25) is 0 Å². The minimum atomic E-state index is -2.31. The molecule has 0 saturated heterocycles. The average Bonchev–Trinajstić information content (AvgIpc) is 2.84. The van der Waals surface area contributed by atoms with Crippen LogP contribution in [-0.4, -0.2) is 21.8 Å². The Morgan fingerprint density at radius 3 is 1.67 bits per heavy atom. The third-order valence-electron chi connectivity index (χ3n) is 4.78. The van der Waals surface area contributed by atoms with Gasteiger partial charge < -0.3 is 11.4 Å². The number of rotatable bonds is 2. The predicted molar refractivity (Wildman–Crippen MR) is 106 cm³/mol. The van der Waals surface area contributed by atoms with Crippen LogP contribution in [0.3, 0.4) is 0 Å². The van der Waals surface area contributed by atoms with Crippen molar-refractivity contribution < 1.29 is 30.2 Å². The minimum absolute atomic E-state index is 0. The summed E-state index contributed by atoms with van der Waals surface area (Å²) in [5, 5.41) is 4.70. The molecule has 127 valence electrons. The molecule has 5 rings (SSSR count). The van der Waals surface area contributed by atoms with Crippen molar-refractivity contribution in [3.8, 4) is 22.6 Å². The number of hydrogen-bond donors (Lipinski definition) is 0. The van der Waals surface area contributed by atoms with Crippen molar-refractivity contribution in [1.82, 2.24) is 0 Å². The maximum absolute atomic E-state index is 6.23. The van der Waals surface area contributed by atoms with Gasteiger partial charge in [0.15, 0.2) is 0 Å². The summed E-state index contributed by atoms with van der Waals surface area (Å²) in [6.45, 7) is 2.54. The van der Waals surface area contributed by atoms with Crippen molar-refractivity contribution in [2.45, 2.75) is 6.92 Å². The fraction of sp³-hybridized carbons (Fsp3) is 0.0909. The second kappa shape index (κ2) is 7.61. The smallest absolute Gasteiger partial charge is 0.764 e. The summed E-state index contributed by atoms with van der Waals surface area (Å²) in [6.07, 6.45) is 0. The van der Waals surface area contributed by atoms with E-state index in [9.17, 15) is 0 Å². The fourth-order valence-corrected chi connectivity index (χ4v) is 4.91. The molecule has 0 amide bonds. The standard InChI is InChI=1S/C20H14O2.C2H5O.Al.Li/c21-17-11-9-13-5-1-3-7-15(13)19(17)20-16-8-4-2-6-14(16)10-12-18(20)22;1-2-3;;/h1-12,21-22H;2H2,1H3;;/q;-1;+2;+1/p-2. The van der Waals surface area contributed by atoms with Gasteiger partial charge in [-0.05, 0) is 47.2 Å². The topological polar surface area (TPSA) is 27.7 Å². The molecular formula is C22H17AlLiO3. The average molecular weight is 363 g/mol. The summed E-state index contributed by atoms with van der Waals surface area (Å²) in [4.78, 5) is 0. The first kappa shape index (κ1) is 18.5. The molecule has 0 atom stereocenters. The second-order valence-electron chi connectivity index (χ2n) is 6.30. The van der Waals surface area contributed by atoms with Crippen molar-refractivity contribution in [3.05, 3.63) is 72.8 Å². The van der Waals surface area contributed by atoms with Gasteiger partial charge in [-0.15, -0.1) is 0 Å². The molecule has 0 spiro atoms. The molecule has 1 radical (unpaired) electrons. The van der Waals surface area contributed by atoms with Crippen molar-refractivity contribution in [1.29, 1.82) is 0 Å². The zero-order valence-corrected chi connectivity index (χ0v) is 16.6. The van der Waals surface area contributed by atoms with Crippen molar-refractivity contribution >= 4 is 36.7 Å². The van der Waals surface area contributed by atoms with Crippen LogP contribution in [0.5, 0.6) is 11.5 Å². The van der Waals surface area contributed by atoms with E-state index >= 15 is 0 Å². The summed E-state index contributed by atoms with van der Waals surface area (Å²) in [6, 6.07) is 25.1. The molecule has 0 fully saturated rings. The quantitative estimate of drug-likeness (QED) is 0.512. The van der Waals surface area contributed by atoms with Crippen LogP contribution in [0.1, 0.15) is 6.92 Å². The number of fused-ring (bicyclic) bond motifs is 7. The summed E-state index contributed by atoms with van der Waals surface area (Å²) >= 11 is -2.31. The van der Waals surface area contributed by atoms with Gasteiger partial charge >= 0.3 is 34.0 Å². The normalized spacial score (nSPS) is 13.1. The summed E-state index contributed by atoms with van der Waals surface area (Å²) in [5.41, 5.74) is 2.18. The molecule has 1 heterocycles. The Kier molecular flexibility index (Phi) is 5.20. The molecular weight excluding hydrogens is 346 g/mol. The Balaban J connectivity index is 0.00000180. The van der Waals surface area contributed by atoms with Crippen LogP contribution >= 0.6 is 0 Å². The molecule has 0 N–H and O–H groups in total. The van der Waals surface area contributed by atoms with E-state index in [4.69, 9.17) is 11.4 Å². The molecule has 0 saturated carbocycles. The monoisotopic (exact) mass is 363 g/mol. The van der Waals surface area contributed by atoms with Crippen molar-refractivity contribution in [2.24, 2.45) is 0 Å². The Morgan fingerprint density at radius 1 is 0.704 bits per heavy atom. The van der Waals surface area contributed by atoms with Gasteiger partial charge in [0.2, 0.25) is 0 Å². The molecule has 3 nitrogen and oxygen atoms in total. The van der Waals surface area contributed by atoms with E-state index in [1.165, 1.54) is 10.8 Å². The third-order valence-corrected chi connectivity index (χ3v) is 6.28. The van der Waals surface area contributed by atoms with E-state index in [0.29, 0.717) is 6.61 Å². The molecule has 5 heteroatoms. The Labute approximate surface area is 175 Å². The Bertz CT molecular complexity index is 1040. The summed E-state index contributed by atoms with van der Waals surface area (Å²) in [7, 11) is 0. The van der Waals surface area contributed by atoms with Gasteiger partial charge in [-0.25, -0.2) is 0 Å². The van der Waals surface area contributed by atoms with Crippen LogP contribution < -0.4 is 26.4 Å². The number of benzene rings is 4. The Morgan fingerprint density at radius 2 is 1.19 bits per heavy atom. The van der Waals surface area contributed by atoms with Gasteiger partial charge in [-0.3, -0.25) is 0 Å². The molecule has 1 aliphatic rings. The largest absolute Gasteiger partial charge is 1.00 e. The molecule has 0 unspecified atom stereocenters. The minimum Gasteiger partial charge on any atom is -0.764 e. The molecule has 0 aliphatic carbocycles. The zero-order chi connectivity index (χ0) is 17.5. The van der Waals surface area contributed by atoms with Gasteiger partial charge in [0.25, 0.3) is 0 Å². The van der Waals surface area contributed by atoms with Gasteiger partial charge in [0.1, 0.15) is 0 Å². The van der Waals surface area contributed by atoms with Gasteiger partial charge in [-0.2, -0.15) is 0 Å². The molecule has 0 bridgehead atoms. The van der Waals surface area contributed by atoms with Crippen LogP contribution in [0.25, 0.3) is 32.7 Å². The van der Waals surface area contributed by atoms with Crippen LogP contribution in [0, 0.1) is 0 Å². The SMILES string of the molecule is CC[O][Al-]1[O]c2ccc3ccccc3c2-c2c(ccc3ccccc23)[O]1.[Li+]. The van der Waals surface area contributed by atoms with Gasteiger partial charge in [0, 0.05) is 11.1 Å². The van der Waals surface area contributed by atoms with Gasteiger partial charge in [0.05, 0.1) is 11.5 Å². The maximum Gasteiger partial charge on any atom is 1.00 e. The third kappa shape index (κ3) is 3.15. The summed E-state index contributed by atoms with van der Waals surface area (Å²) < 4.78 is 18.3. The summed E-state index contributed by atoms with van der Waals surface area (Å²) in [5.74, 6) is 1.67. The molecule has 27 heavy (non-hydrogen) atoms. The Hall–Kier alpha value is -1.91. The van der Waals surface area contributed by atoms with E-state index in [1.807, 2.05) is 19.1 Å². The molecule has 1 aliphatic heterocycles. The first-order valence-electron chi connectivity index (χ1n) is 8.84. The van der Waals surface area contributed by atoms with E-state index in [1.54, 1.807) is 0 Å². The van der Waals surface area contributed by atoms with Crippen LogP contribution in [0.4, 0.5) is 0 Å².